The van der Waals surface area contributed by atoms with Crippen LogP contribution in [-0.2, 0) is 4.79 Å². The zero-order valence-corrected chi connectivity index (χ0v) is 14.7. The summed E-state index contributed by atoms with van der Waals surface area (Å²) in [5, 5.41) is 2.73. The largest absolute Gasteiger partial charge is 0.493 e. The van der Waals surface area contributed by atoms with E-state index in [-0.39, 0.29) is 23.6 Å². The lowest BCUT2D eigenvalue weighted by Gasteiger charge is -2.15. The van der Waals surface area contributed by atoms with Crippen molar-refractivity contribution < 1.29 is 18.7 Å². The predicted octanol–water partition coefficient (Wildman–Crippen LogP) is 4.08. The second kappa shape index (κ2) is 8.19. The SMILES string of the molecule is COc1ccccc1Oc1ccc(NC(=O)C[C@@H]2CCC[C@H]2N)cc1F. The molecule has 2 aromatic carbocycles. The summed E-state index contributed by atoms with van der Waals surface area (Å²) in [6.45, 7) is 0. The lowest BCUT2D eigenvalue weighted by atomic mass is 10.00. The maximum absolute atomic E-state index is 14.4. The van der Waals surface area contributed by atoms with Crippen LogP contribution in [0.2, 0.25) is 0 Å². The third-order valence-corrected chi connectivity index (χ3v) is 4.67. The predicted molar refractivity (Wildman–Crippen MR) is 98.0 cm³/mol. The molecular weight excluding hydrogens is 335 g/mol. The maximum atomic E-state index is 14.4. The van der Waals surface area contributed by atoms with E-state index in [9.17, 15) is 9.18 Å². The first-order valence-electron chi connectivity index (χ1n) is 8.72. The molecule has 2 atom stereocenters. The van der Waals surface area contributed by atoms with Gasteiger partial charge in [0, 0.05) is 24.2 Å². The minimum atomic E-state index is -0.564. The van der Waals surface area contributed by atoms with Gasteiger partial charge in [0.1, 0.15) is 0 Å². The summed E-state index contributed by atoms with van der Waals surface area (Å²) < 4.78 is 25.1. The first-order chi connectivity index (χ1) is 12.6. The number of nitrogens with one attached hydrogen (secondary N) is 1. The van der Waals surface area contributed by atoms with E-state index in [2.05, 4.69) is 5.32 Å². The molecule has 0 spiro atoms. The summed E-state index contributed by atoms with van der Waals surface area (Å²) in [7, 11) is 1.52. The highest BCUT2D eigenvalue weighted by Crippen LogP contribution is 2.33. The van der Waals surface area contributed by atoms with E-state index >= 15 is 0 Å². The summed E-state index contributed by atoms with van der Waals surface area (Å²) in [6.07, 6.45) is 3.35. The lowest BCUT2D eigenvalue weighted by Crippen LogP contribution is -2.28. The van der Waals surface area contributed by atoms with Crippen LogP contribution in [0.5, 0.6) is 17.2 Å². The van der Waals surface area contributed by atoms with Gasteiger partial charge in [-0.15, -0.1) is 0 Å². The van der Waals surface area contributed by atoms with E-state index in [1.807, 2.05) is 0 Å². The van der Waals surface area contributed by atoms with Gasteiger partial charge in [0.15, 0.2) is 23.1 Å². The van der Waals surface area contributed by atoms with E-state index in [1.54, 1.807) is 30.3 Å². The van der Waals surface area contributed by atoms with Gasteiger partial charge in [-0.2, -0.15) is 0 Å². The Morgan fingerprint density at radius 3 is 2.62 bits per heavy atom. The van der Waals surface area contributed by atoms with E-state index in [4.69, 9.17) is 15.2 Å². The number of para-hydroxylation sites is 2. The summed E-state index contributed by atoms with van der Waals surface area (Å²) in [4.78, 5) is 12.1. The monoisotopic (exact) mass is 358 g/mol. The van der Waals surface area contributed by atoms with Gasteiger partial charge in [0.2, 0.25) is 5.91 Å². The van der Waals surface area contributed by atoms with Crippen molar-refractivity contribution >= 4 is 11.6 Å². The molecule has 1 fully saturated rings. The van der Waals surface area contributed by atoms with Crippen molar-refractivity contribution in [2.45, 2.75) is 31.7 Å². The Labute approximate surface area is 152 Å². The van der Waals surface area contributed by atoms with E-state index in [1.165, 1.54) is 19.2 Å². The number of carbonyl (C=O) groups is 1. The van der Waals surface area contributed by atoms with Gasteiger partial charge in [0.25, 0.3) is 0 Å². The molecule has 0 radical (unpaired) electrons. The van der Waals surface area contributed by atoms with Crippen LogP contribution in [-0.4, -0.2) is 19.1 Å². The number of ether oxygens (including phenoxy) is 2. The highest BCUT2D eigenvalue weighted by atomic mass is 19.1. The third kappa shape index (κ3) is 4.32. The standard InChI is InChI=1S/C20H23FN2O3/c1-25-18-7-2-3-8-19(18)26-17-10-9-14(12-15(17)21)23-20(24)11-13-5-4-6-16(13)22/h2-3,7-10,12-13,16H,4-6,11,22H2,1H3,(H,23,24)/t13-,16+/m0/s1. The molecule has 6 heteroatoms. The minimum Gasteiger partial charge on any atom is -0.493 e. The van der Waals surface area contributed by atoms with Crippen molar-refractivity contribution in [1.82, 2.24) is 0 Å². The molecule has 1 aliphatic rings. The molecule has 0 aromatic heterocycles. The number of halogens is 1. The summed E-state index contributed by atoms with van der Waals surface area (Å²) in [5.41, 5.74) is 6.39. The number of rotatable bonds is 6. The topological polar surface area (TPSA) is 73.6 Å². The van der Waals surface area contributed by atoms with Gasteiger partial charge in [-0.05, 0) is 43.0 Å². The quantitative estimate of drug-likeness (QED) is 0.816. The van der Waals surface area contributed by atoms with Crippen LogP contribution in [0.3, 0.4) is 0 Å². The van der Waals surface area contributed by atoms with Crippen LogP contribution in [0.15, 0.2) is 42.5 Å². The fourth-order valence-corrected chi connectivity index (χ4v) is 3.25. The Balaban J connectivity index is 1.64. The maximum Gasteiger partial charge on any atom is 0.224 e. The zero-order valence-electron chi connectivity index (χ0n) is 14.7. The molecule has 3 rings (SSSR count). The number of benzene rings is 2. The second-order valence-electron chi connectivity index (χ2n) is 6.51. The van der Waals surface area contributed by atoms with Crippen molar-refractivity contribution in [3.05, 3.63) is 48.3 Å². The molecule has 5 nitrogen and oxygen atoms in total. The van der Waals surface area contributed by atoms with Crippen molar-refractivity contribution in [2.75, 3.05) is 12.4 Å². The van der Waals surface area contributed by atoms with E-state index < -0.39 is 5.82 Å². The Morgan fingerprint density at radius 2 is 1.96 bits per heavy atom. The molecule has 1 aliphatic carbocycles. The van der Waals surface area contributed by atoms with Crippen LogP contribution < -0.4 is 20.5 Å². The fraction of sp³-hybridized carbons (Fsp3) is 0.350. The minimum absolute atomic E-state index is 0.0605. The van der Waals surface area contributed by atoms with Crippen LogP contribution in [0.25, 0.3) is 0 Å². The Hall–Kier alpha value is -2.60. The Morgan fingerprint density at radius 1 is 1.19 bits per heavy atom. The van der Waals surface area contributed by atoms with Gasteiger partial charge >= 0.3 is 0 Å². The van der Waals surface area contributed by atoms with Gasteiger partial charge in [-0.1, -0.05) is 18.6 Å². The number of nitrogens with two attached hydrogens (primary N) is 1. The zero-order chi connectivity index (χ0) is 18.5. The molecule has 0 aliphatic heterocycles. The average Bonchev–Trinajstić information content (AvgIpc) is 3.02. The van der Waals surface area contributed by atoms with Crippen molar-refractivity contribution in [3.63, 3.8) is 0 Å². The second-order valence-corrected chi connectivity index (χ2v) is 6.51. The van der Waals surface area contributed by atoms with E-state index in [0.717, 1.165) is 19.3 Å². The van der Waals surface area contributed by atoms with Crippen LogP contribution in [0.4, 0.5) is 10.1 Å². The first-order valence-corrected chi connectivity index (χ1v) is 8.72. The van der Waals surface area contributed by atoms with Gasteiger partial charge in [0.05, 0.1) is 7.11 Å². The van der Waals surface area contributed by atoms with Crippen molar-refractivity contribution in [2.24, 2.45) is 11.7 Å². The van der Waals surface area contributed by atoms with E-state index in [0.29, 0.717) is 23.6 Å². The number of methoxy groups -OCH3 is 1. The molecule has 3 N–H and O–H groups in total. The Kier molecular flexibility index (Phi) is 5.73. The number of carbonyl (C=O) groups excluding carboxylic acids is 1. The molecule has 1 amide bonds. The fourth-order valence-electron chi connectivity index (χ4n) is 3.25. The number of amides is 1. The molecule has 26 heavy (non-hydrogen) atoms. The third-order valence-electron chi connectivity index (χ3n) is 4.67. The summed E-state index contributed by atoms with van der Waals surface area (Å²) in [5.74, 6) is 0.479. The first kappa shape index (κ1) is 18.2. The molecule has 138 valence electrons. The van der Waals surface area contributed by atoms with Crippen LogP contribution in [0, 0.1) is 11.7 Å². The summed E-state index contributed by atoms with van der Waals surface area (Å²) >= 11 is 0. The highest BCUT2D eigenvalue weighted by molar-refractivity contribution is 5.91. The van der Waals surface area contributed by atoms with Gasteiger partial charge < -0.3 is 20.5 Å². The molecule has 1 saturated carbocycles. The van der Waals surface area contributed by atoms with Gasteiger partial charge in [-0.25, -0.2) is 4.39 Å². The number of anilines is 1. The molecule has 0 bridgehead atoms. The highest BCUT2D eigenvalue weighted by Gasteiger charge is 2.26. The Bertz CT molecular complexity index is 781. The normalized spacial score (nSPS) is 19.2. The molecule has 0 saturated heterocycles. The van der Waals surface area contributed by atoms with Crippen molar-refractivity contribution in [3.8, 4) is 17.2 Å². The number of hydrogen-bond donors (Lipinski definition) is 2. The average molecular weight is 358 g/mol. The van der Waals surface area contributed by atoms with Crippen LogP contribution in [0.1, 0.15) is 25.7 Å². The summed E-state index contributed by atoms with van der Waals surface area (Å²) in [6, 6.07) is 11.4. The molecule has 0 unspecified atom stereocenters. The van der Waals surface area contributed by atoms with Gasteiger partial charge in [-0.3, -0.25) is 4.79 Å². The smallest absolute Gasteiger partial charge is 0.224 e. The molecule has 0 heterocycles. The van der Waals surface area contributed by atoms with Crippen molar-refractivity contribution in [1.29, 1.82) is 0 Å². The molecule has 2 aromatic rings. The van der Waals surface area contributed by atoms with Crippen LogP contribution >= 0.6 is 0 Å². The lowest BCUT2D eigenvalue weighted by molar-refractivity contribution is -0.117. The molecular formula is C20H23FN2O3. The number of hydrogen-bond acceptors (Lipinski definition) is 4.